The van der Waals surface area contributed by atoms with Crippen molar-refractivity contribution in [3.8, 4) is 0 Å². The highest BCUT2D eigenvalue weighted by Gasteiger charge is 2.13. The van der Waals surface area contributed by atoms with Crippen molar-refractivity contribution >= 4 is 22.8 Å². The van der Waals surface area contributed by atoms with Gasteiger partial charge in [-0.3, -0.25) is 9.98 Å². The van der Waals surface area contributed by atoms with Crippen molar-refractivity contribution in [2.24, 2.45) is 9.98 Å². The van der Waals surface area contributed by atoms with Crippen LogP contribution in [0.15, 0.2) is 82.8 Å². The van der Waals surface area contributed by atoms with E-state index in [1.165, 1.54) is 189 Å². The van der Waals surface area contributed by atoms with Gasteiger partial charge < -0.3 is 0 Å². The van der Waals surface area contributed by atoms with Gasteiger partial charge in [-0.2, -0.15) is 0 Å². The Hall–Kier alpha value is -2.74. The third-order valence-corrected chi connectivity index (χ3v) is 12.3. The van der Waals surface area contributed by atoms with Crippen LogP contribution in [-0.2, 0) is 12.8 Å². The van der Waals surface area contributed by atoms with Gasteiger partial charge in [0.25, 0.3) is 0 Å². The van der Waals surface area contributed by atoms with Crippen molar-refractivity contribution in [3.05, 3.63) is 84.0 Å². The lowest BCUT2D eigenvalue weighted by Crippen LogP contribution is -2.14. The maximum atomic E-state index is 5.47. The molecule has 0 fully saturated rings. The summed E-state index contributed by atoms with van der Waals surface area (Å²) in [6.07, 6.45) is 56.6. The minimum atomic E-state index is 0.987. The molecule has 0 heterocycles. The molecule has 0 aliphatic rings. The maximum Gasteiger partial charge on any atom is 0.0665 e. The van der Waals surface area contributed by atoms with Crippen LogP contribution in [-0.4, -0.2) is 11.4 Å². The first-order chi connectivity index (χ1) is 29.7. The van der Waals surface area contributed by atoms with E-state index in [0.717, 1.165) is 75.6 Å². The van der Waals surface area contributed by atoms with Crippen LogP contribution in [0.3, 0.4) is 0 Å². The summed E-state index contributed by atoms with van der Waals surface area (Å²) in [6, 6.07) is 17.8. The van der Waals surface area contributed by atoms with Crippen LogP contribution in [0.4, 0.5) is 11.4 Å². The van der Waals surface area contributed by atoms with Gasteiger partial charge in [0.05, 0.1) is 22.8 Å². The molecule has 0 saturated heterocycles. The largest absolute Gasteiger partial charge is 0.251 e. The molecule has 338 valence electrons. The molecule has 0 unspecified atom stereocenters. The molecule has 2 nitrogen and oxygen atoms in total. The number of nitrogens with zero attached hydrogens (tertiary/aromatic N) is 2. The normalized spacial score (nSPS) is 12.5. The first-order valence-corrected chi connectivity index (χ1v) is 26.3. The van der Waals surface area contributed by atoms with Gasteiger partial charge in [0, 0.05) is 0 Å². The van der Waals surface area contributed by atoms with Crippen LogP contribution in [0.25, 0.3) is 0 Å². The number of aliphatic imine (C=N–C) groups is 2. The number of benzene rings is 2. The average Bonchev–Trinajstić information content (AvgIpc) is 3.27. The predicted octanol–water partition coefficient (Wildman–Crippen LogP) is 20.1. The lowest BCUT2D eigenvalue weighted by molar-refractivity contribution is 0.550. The molecule has 0 radical (unpaired) electrons. The second-order valence-electron chi connectivity index (χ2n) is 18.0. The van der Waals surface area contributed by atoms with Crippen molar-refractivity contribution in [2.45, 2.75) is 259 Å². The molecule has 0 atom stereocenters. The van der Waals surface area contributed by atoms with Gasteiger partial charge in [-0.1, -0.05) is 230 Å². The zero-order valence-corrected chi connectivity index (χ0v) is 40.3. The Morgan fingerprint density at radius 2 is 0.617 bits per heavy atom. The Kier molecular flexibility index (Phi) is 35.9. The second-order valence-corrected chi connectivity index (χ2v) is 18.0. The molecule has 0 aromatic heterocycles. The van der Waals surface area contributed by atoms with Gasteiger partial charge in [0.1, 0.15) is 0 Å². The highest BCUT2D eigenvalue weighted by atomic mass is 14.8. The summed E-state index contributed by atoms with van der Waals surface area (Å²) in [6.45, 7) is 9.19. The van der Waals surface area contributed by atoms with Crippen molar-refractivity contribution in [2.75, 3.05) is 0 Å². The van der Waals surface area contributed by atoms with Gasteiger partial charge in [-0.05, 0) is 113 Å². The van der Waals surface area contributed by atoms with Crippen LogP contribution in [0.2, 0.25) is 0 Å². The third kappa shape index (κ3) is 28.7. The number of para-hydroxylation sites is 2. The van der Waals surface area contributed by atoms with E-state index in [2.05, 4.69) is 101 Å². The summed E-state index contributed by atoms with van der Waals surface area (Å²) in [5.74, 6) is 0. The quantitative estimate of drug-likeness (QED) is 0.0363. The van der Waals surface area contributed by atoms with E-state index in [9.17, 15) is 0 Å². The summed E-state index contributed by atoms with van der Waals surface area (Å²) in [4.78, 5) is 10.9. The van der Waals surface area contributed by atoms with Crippen molar-refractivity contribution in [3.63, 3.8) is 0 Å². The Morgan fingerprint density at radius 1 is 0.333 bits per heavy atom. The van der Waals surface area contributed by atoms with Crippen LogP contribution in [0, 0.1) is 0 Å². The average molecular weight is 821 g/mol. The van der Waals surface area contributed by atoms with E-state index < -0.39 is 0 Å². The van der Waals surface area contributed by atoms with E-state index in [1.54, 1.807) is 0 Å². The zero-order valence-electron chi connectivity index (χ0n) is 40.3. The number of rotatable bonds is 41. The summed E-state index contributed by atoms with van der Waals surface area (Å²) < 4.78 is 0. The maximum absolute atomic E-state index is 5.47. The van der Waals surface area contributed by atoms with Crippen LogP contribution >= 0.6 is 0 Å². The fraction of sp³-hybridized carbons (Fsp3) is 0.690. The molecular weight excluding hydrogens is 725 g/mol. The number of unbranched alkanes of at least 4 members (excludes halogenated alkanes) is 26. The Labute approximate surface area is 374 Å². The number of allylic oxidation sites excluding steroid dienone is 4. The molecule has 2 aromatic carbocycles. The monoisotopic (exact) mass is 821 g/mol. The number of hydrogen-bond donors (Lipinski definition) is 0. The molecule has 0 aliphatic carbocycles. The smallest absolute Gasteiger partial charge is 0.0665 e. The Morgan fingerprint density at radius 3 is 0.950 bits per heavy atom. The third-order valence-electron chi connectivity index (χ3n) is 12.3. The molecule has 0 spiro atoms. The van der Waals surface area contributed by atoms with Crippen LogP contribution in [0.1, 0.15) is 257 Å². The van der Waals surface area contributed by atoms with E-state index in [-0.39, 0.29) is 0 Å². The summed E-state index contributed by atoms with van der Waals surface area (Å²) >= 11 is 0. The lowest BCUT2D eigenvalue weighted by atomic mass is 10.0. The minimum absolute atomic E-state index is 0.987. The van der Waals surface area contributed by atoms with Gasteiger partial charge in [-0.15, -0.1) is 0 Å². The SMILES string of the molecule is CCCCCCCCCCCCCC=CCCCc1ccccc1N=C(CCCC)C(CCCC)=Nc1ccccc1CCCC=CCCCCCCCCCCCCC. The van der Waals surface area contributed by atoms with E-state index in [4.69, 9.17) is 9.98 Å². The molecular formula is C58H96N2. The Bertz CT molecular complexity index is 1270. The lowest BCUT2D eigenvalue weighted by Gasteiger charge is -2.14. The molecule has 2 heteroatoms. The first-order valence-electron chi connectivity index (χ1n) is 26.3. The van der Waals surface area contributed by atoms with Crippen LogP contribution < -0.4 is 0 Å². The molecule has 60 heavy (non-hydrogen) atoms. The molecule has 0 N–H and O–H groups in total. The highest BCUT2D eigenvalue weighted by molar-refractivity contribution is 6.43. The van der Waals surface area contributed by atoms with E-state index in [1.807, 2.05) is 0 Å². The molecule has 0 amide bonds. The van der Waals surface area contributed by atoms with Crippen molar-refractivity contribution in [1.82, 2.24) is 0 Å². The topological polar surface area (TPSA) is 24.7 Å². The van der Waals surface area contributed by atoms with Crippen molar-refractivity contribution in [1.29, 1.82) is 0 Å². The predicted molar refractivity (Wildman–Crippen MR) is 272 cm³/mol. The first kappa shape index (κ1) is 53.4. The molecule has 0 bridgehead atoms. The fourth-order valence-corrected chi connectivity index (χ4v) is 8.32. The zero-order chi connectivity index (χ0) is 42.8. The summed E-state index contributed by atoms with van der Waals surface area (Å²) in [7, 11) is 0. The molecule has 0 saturated carbocycles. The van der Waals surface area contributed by atoms with Gasteiger partial charge in [0.15, 0.2) is 0 Å². The van der Waals surface area contributed by atoms with Gasteiger partial charge in [0.2, 0.25) is 0 Å². The molecule has 2 rings (SSSR count). The fourth-order valence-electron chi connectivity index (χ4n) is 8.32. The minimum Gasteiger partial charge on any atom is -0.251 e. The Balaban J connectivity index is 1.89. The summed E-state index contributed by atoms with van der Waals surface area (Å²) in [5, 5.41) is 0. The molecule has 0 aliphatic heterocycles. The van der Waals surface area contributed by atoms with Gasteiger partial charge in [-0.25, -0.2) is 0 Å². The second kappa shape index (κ2) is 40.3. The number of hydrogen-bond acceptors (Lipinski definition) is 2. The number of aryl methyl sites for hydroxylation is 2. The highest BCUT2D eigenvalue weighted by Crippen LogP contribution is 2.26. The van der Waals surface area contributed by atoms with Crippen molar-refractivity contribution < 1.29 is 0 Å². The van der Waals surface area contributed by atoms with Gasteiger partial charge >= 0.3 is 0 Å². The van der Waals surface area contributed by atoms with E-state index >= 15 is 0 Å². The molecule has 2 aromatic rings. The summed E-state index contributed by atoms with van der Waals surface area (Å²) in [5.41, 5.74) is 7.43. The van der Waals surface area contributed by atoms with Crippen LogP contribution in [0.5, 0.6) is 0 Å². The van der Waals surface area contributed by atoms with E-state index in [0.29, 0.717) is 0 Å². The standard InChI is InChI=1S/C58H96N2/c1-5-9-13-15-17-19-21-23-25-27-29-31-33-35-37-39-45-53-47-41-43-51-55(53)59-57(49-11-7-3)58(50-12-8-4)60-56-52-44-42-48-54(56)46-40-38-36-34-32-30-28-26-24-22-20-18-16-14-10-6-2/h33-36,41-44,47-48,51-52H,5-32,37-40,45-46,49-50H2,1-4H3.